The smallest absolute Gasteiger partial charge is 0.315 e. The molecule has 2 aliphatic rings. The fourth-order valence-electron chi connectivity index (χ4n) is 1.90. The lowest BCUT2D eigenvalue weighted by Gasteiger charge is -2.12. The molecule has 1 atom stereocenters. The van der Waals surface area contributed by atoms with E-state index >= 15 is 0 Å². The molecule has 1 aromatic carbocycles. The number of urea groups is 1. The van der Waals surface area contributed by atoms with Crippen LogP contribution in [0, 0.1) is 0 Å². The maximum Gasteiger partial charge on any atom is 0.315 e. The van der Waals surface area contributed by atoms with E-state index in [1.807, 2.05) is 24.3 Å². The molecular weight excluding hydrogens is 204 g/mol. The number of benzene rings is 1. The Morgan fingerprint density at radius 1 is 1.25 bits per heavy atom. The number of fused-ring (bicyclic) bond motifs is 1. The Kier molecular flexibility index (Phi) is 2.20. The highest BCUT2D eigenvalue weighted by molar-refractivity contribution is 5.75. The summed E-state index contributed by atoms with van der Waals surface area (Å²) >= 11 is 0. The molecule has 1 aliphatic carbocycles. The van der Waals surface area contributed by atoms with Crippen molar-refractivity contribution in [1.29, 1.82) is 0 Å². The van der Waals surface area contributed by atoms with E-state index in [9.17, 15) is 4.79 Å². The van der Waals surface area contributed by atoms with E-state index in [-0.39, 0.29) is 12.1 Å². The fourth-order valence-corrected chi connectivity index (χ4v) is 1.90. The average molecular weight is 218 g/mol. The van der Waals surface area contributed by atoms with Gasteiger partial charge in [-0.05, 0) is 18.9 Å². The predicted octanol–water partition coefficient (Wildman–Crippen LogP) is 1.58. The van der Waals surface area contributed by atoms with Gasteiger partial charge in [0.1, 0.15) is 12.4 Å². The van der Waals surface area contributed by atoms with Gasteiger partial charge in [-0.3, -0.25) is 0 Å². The van der Waals surface area contributed by atoms with Crippen LogP contribution >= 0.6 is 0 Å². The Bertz CT molecular complexity index is 415. The van der Waals surface area contributed by atoms with Gasteiger partial charge in [-0.2, -0.15) is 0 Å². The zero-order valence-electron chi connectivity index (χ0n) is 8.90. The van der Waals surface area contributed by atoms with Crippen molar-refractivity contribution >= 4 is 6.03 Å². The molecule has 1 unspecified atom stereocenters. The second-order valence-corrected chi connectivity index (χ2v) is 4.29. The summed E-state index contributed by atoms with van der Waals surface area (Å²) in [5.74, 6) is 0.874. The Morgan fingerprint density at radius 3 is 2.88 bits per heavy atom. The number of nitrogens with one attached hydrogen (secondary N) is 2. The van der Waals surface area contributed by atoms with Gasteiger partial charge in [0.15, 0.2) is 0 Å². The Labute approximate surface area is 94.0 Å². The minimum atomic E-state index is -0.0900. The van der Waals surface area contributed by atoms with Crippen LogP contribution in [0.1, 0.15) is 24.4 Å². The largest absolute Gasteiger partial charge is 0.491 e. The Morgan fingerprint density at radius 2 is 2.06 bits per heavy atom. The van der Waals surface area contributed by atoms with Gasteiger partial charge in [-0.25, -0.2) is 4.79 Å². The monoisotopic (exact) mass is 218 g/mol. The van der Waals surface area contributed by atoms with Gasteiger partial charge >= 0.3 is 6.03 Å². The maximum absolute atomic E-state index is 11.6. The third-order valence-electron chi connectivity index (χ3n) is 2.92. The minimum absolute atomic E-state index is 0.0186. The van der Waals surface area contributed by atoms with E-state index in [1.165, 1.54) is 0 Å². The number of amides is 2. The molecule has 3 rings (SSSR count). The number of carbonyl (C=O) groups excluding carboxylic acids is 1. The maximum atomic E-state index is 11.6. The fraction of sp³-hybridized carbons (Fsp3) is 0.417. The molecule has 2 amide bonds. The van der Waals surface area contributed by atoms with Crippen LogP contribution < -0.4 is 15.4 Å². The highest BCUT2D eigenvalue weighted by Gasteiger charge is 2.28. The topological polar surface area (TPSA) is 50.4 Å². The van der Waals surface area contributed by atoms with Crippen LogP contribution in [0.25, 0.3) is 0 Å². The van der Waals surface area contributed by atoms with Gasteiger partial charge in [0.25, 0.3) is 0 Å². The highest BCUT2D eigenvalue weighted by atomic mass is 16.5. The van der Waals surface area contributed by atoms with Crippen molar-refractivity contribution < 1.29 is 9.53 Å². The van der Waals surface area contributed by atoms with Crippen molar-refractivity contribution in [2.24, 2.45) is 0 Å². The minimum Gasteiger partial charge on any atom is -0.491 e. The van der Waals surface area contributed by atoms with E-state index in [4.69, 9.17) is 4.74 Å². The summed E-state index contributed by atoms with van der Waals surface area (Å²) in [6.07, 6.45) is 2.20. The van der Waals surface area contributed by atoms with E-state index in [1.54, 1.807) is 0 Å². The molecule has 16 heavy (non-hydrogen) atoms. The summed E-state index contributed by atoms with van der Waals surface area (Å²) in [7, 11) is 0. The molecule has 0 saturated heterocycles. The molecule has 0 bridgehead atoms. The SMILES string of the molecule is O=C(NC1CC1)NC1COc2ccccc21. The molecule has 1 heterocycles. The third-order valence-corrected chi connectivity index (χ3v) is 2.92. The molecule has 1 fully saturated rings. The zero-order valence-corrected chi connectivity index (χ0v) is 8.90. The summed E-state index contributed by atoms with van der Waals surface area (Å²) in [6.45, 7) is 0.525. The van der Waals surface area contributed by atoms with E-state index in [0.29, 0.717) is 12.6 Å². The molecule has 0 aromatic heterocycles. The predicted molar refractivity (Wildman–Crippen MR) is 59.4 cm³/mol. The molecular formula is C12H14N2O2. The molecule has 4 heteroatoms. The van der Waals surface area contributed by atoms with Gasteiger partial charge in [-0.15, -0.1) is 0 Å². The summed E-state index contributed by atoms with van der Waals surface area (Å²) < 4.78 is 5.49. The van der Waals surface area contributed by atoms with Gasteiger partial charge in [0, 0.05) is 11.6 Å². The second-order valence-electron chi connectivity index (χ2n) is 4.29. The quantitative estimate of drug-likeness (QED) is 0.791. The first-order valence-corrected chi connectivity index (χ1v) is 5.62. The number of ether oxygens (including phenoxy) is 1. The summed E-state index contributed by atoms with van der Waals surface area (Å²) in [6, 6.07) is 8.09. The lowest BCUT2D eigenvalue weighted by atomic mass is 10.1. The van der Waals surface area contributed by atoms with Crippen molar-refractivity contribution in [2.45, 2.75) is 24.9 Å². The first-order valence-electron chi connectivity index (χ1n) is 5.62. The van der Waals surface area contributed by atoms with Gasteiger partial charge in [-0.1, -0.05) is 18.2 Å². The van der Waals surface area contributed by atoms with Crippen LogP contribution in [0.3, 0.4) is 0 Å². The second kappa shape index (κ2) is 3.70. The molecule has 0 radical (unpaired) electrons. The number of hydrogen-bond acceptors (Lipinski definition) is 2. The standard InChI is InChI=1S/C12H14N2O2/c15-12(13-8-5-6-8)14-10-7-16-11-4-2-1-3-9(10)11/h1-4,8,10H,5-7H2,(H2,13,14,15). The number of hydrogen-bond donors (Lipinski definition) is 2. The van der Waals surface area contributed by atoms with Crippen molar-refractivity contribution in [3.8, 4) is 5.75 Å². The highest BCUT2D eigenvalue weighted by Crippen LogP contribution is 2.31. The zero-order chi connectivity index (χ0) is 11.0. The van der Waals surface area contributed by atoms with Crippen molar-refractivity contribution in [3.63, 3.8) is 0 Å². The van der Waals surface area contributed by atoms with E-state index in [0.717, 1.165) is 24.2 Å². The van der Waals surface area contributed by atoms with Crippen LogP contribution in [0.2, 0.25) is 0 Å². The summed E-state index contributed by atoms with van der Waals surface area (Å²) in [4.78, 5) is 11.6. The molecule has 1 aromatic rings. The Hall–Kier alpha value is -1.71. The van der Waals surface area contributed by atoms with Crippen LogP contribution in [-0.4, -0.2) is 18.7 Å². The Balaban J connectivity index is 1.65. The molecule has 84 valence electrons. The van der Waals surface area contributed by atoms with Crippen LogP contribution in [0.4, 0.5) is 4.79 Å². The van der Waals surface area contributed by atoms with E-state index < -0.39 is 0 Å². The normalized spacial score (nSPS) is 22.1. The van der Waals surface area contributed by atoms with Crippen molar-refractivity contribution in [1.82, 2.24) is 10.6 Å². The van der Waals surface area contributed by atoms with Gasteiger partial charge < -0.3 is 15.4 Å². The first-order chi connectivity index (χ1) is 7.83. The van der Waals surface area contributed by atoms with Crippen LogP contribution in [0.5, 0.6) is 5.75 Å². The number of para-hydroxylation sites is 1. The summed E-state index contributed by atoms with van der Waals surface area (Å²) in [5.41, 5.74) is 1.06. The van der Waals surface area contributed by atoms with E-state index in [2.05, 4.69) is 10.6 Å². The van der Waals surface area contributed by atoms with Crippen molar-refractivity contribution in [2.75, 3.05) is 6.61 Å². The van der Waals surface area contributed by atoms with Gasteiger partial charge in [0.2, 0.25) is 0 Å². The average Bonchev–Trinajstić information content (AvgIpc) is 3.00. The molecule has 1 saturated carbocycles. The third kappa shape index (κ3) is 1.83. The van der Waals surface area contributed by atoms with Crippen LogP contribution in [-0.2, 0) is 0 Å². The number of carbonyl (C=O) groups is 1. The molecule has 1 aliphatic heterocycles. The molecule has 2 N–H and O–H groups in total. The van der Waals surface area contributed by atoms with Gasteiger partial charge in [0.05, 0.1) is 6.04 Å². The lowest BCUT2D eigenvalue weighted by molar-refractivity contribution is 0.231. The molecule has 4 nitrogen and oxygen atoms in total. The summed E-state index contributed by atoms with van der Waals surface area (Å²) in [5, 5.41) is 5.84. The first kappa shape index (κ1) is 9.51. The van der Waals surface area contributed by atoms with Crippen molar-refractivity contribution in [3.05, 3.63) is 29.8 Å². The number of rotatable bonds is 2. The molecule has 0 spiro atoms. The lowest BCUT2D eigenvalue weighted by Crippen LogP contribution is -2.39. The van der Waals surface area contributed by atoms with Crippen LogP contribution in [0.15, 0.2) is 24.3 Å².